The lowest BCUT2D eigenvalue weighted by atomic mass is 9.93. The van der Waals surface area contributed by atoms with Crippen LogP contribution in [0, 0.1) is 16.0 Å². The monoisotopic (exact) mass is 458 g/mol. The van der Waals surface area contributed by atoms with Crippen LogP contribution in [0.1, 0.15) is 57.1 Å². The highest BCUT2D eigenvalue weighted by Gasteiger charge is 2.38. The van der Waals surface area contributed by atoms with E-state index in [4.69, 9.17) is 0 Å². The first-order valence-electron chi connectivity index (χ1n) is 11.3. The molecule has 2 aliphatic rings. The summed E-state index contributed by atoms with van der Waals surface area (Å²) in [5.74, 6) is -0.528. The summed E-state index contributed by atoms with van der Waals surface area (Å²) < 4.78 is 0. The molecule has 1 unspecified atom stereocenters. The summed E-state index contributed by atoms with van der Waals surface area (Å²) >= 11 is 0. The molecule has 1 aromatic carbocycles. The molecule has 2 amide bonds. The fourth-order valence-electron chi connectivity index (χ4n) is 4.65. The predicted octanol–water partition coefficient (Wildman–Crippen LogP) is 3.15. The number of ketones is 1. The van der Waals surface area contributed by atoms with E-state index >= 15 is 0 Å². The molecular weight excluding hydrogens is 428 g/mol. The molecule has 0 spiro atoms. The summed E-state index contributed by atoms with van der Waals surface area (Å²) in [6.45, 7) is 2.47. The molecule has 1 atom stereocenters. The van der Waals surface area contributed by atoms with Gasteiger partial charge in [0.1, 0.15) is 5.78 Å². The lowest BCUT2D eigenvalue weighted by molar-refractivity contribution is -0.384. The van der Waals surface area contributed by atoms with Crippen LogP contribution in [0.2, 0.25) is 0 Å². The van der Waals surface area contributed by atoms with E-state index in [-0.39, 0.29) is 35.8 Å². The molecule has 0 saturated heterocycles. The molecule has 10 nitrogen and oxygen atoms in total. The van der Waals surface area contributed by atoms with Gasteiger partial charge in [-0.1, -0.05) is 37.8 Å². The highest BCUT2D eigenvalue weighted by molar-refractivity contribution is 5.93. The number of carbonyl (C=O) groups excluding carboxylic acids is 2. The zero-order valence-electron chi connectivity index (χ0n) is 18.7. The third-order valence-electron chi connectivity index (χ3n) is 6.24. The number of Topliss-reactive ketones (excluding diaryl/α,β-unsaturated/α-hetero) is 1. The first-order chi connectivity index (χ1) is 15.8. The molecular formula is C23H30N4O6. The van der Waals surface area contributed by atoms with Crippen LogP contribution in [0.4, 0.5) is 10.5 Å². The number of nitrogens with one attached hydrogen (secondary N) is 2. The lowest BCUT2D eigenvalue weighted by Gasteiger charge is -2.37. The first-order valence-corrected chi connectivity index (χ1v) is 11.3. The number of carbonyl (C=O) groups is 3. The van der Waals surface area contributed by atoms with Crippen molar-refractivity contribution in [2.24, 2.45) is 5.92 Å². The van der Waals surface area contributed by atoms with Crippen LogP contribution in [0.3, 0.4) is 0 Å². The Morgan fingerprint density at radius 1 is 1.30 bits per heavy atom. The molecule has 0 bridgehead atoms. The molecule has 1 saturated carbocycles. The van der Waals surface area contributed by atoms with Crippen molar-refractivity contribution in [2.45, 2.75) is 51.5 Å². The number of nitrogens with zero attached hydrogens (tertiary/aromatic N) is 2. The quantitative estimate of drug-likeness (QED) is 0.263. The van der Waals surface area contributed by atoms with Crippen LogP contribution in [0.5, 0.6) is 0 Å². The van der Waals surface area contributed by atoms with Crippen molar-refractivity contribution in [1.82, 2.24) is 15.5 Å². The number of hydrogen-bond donors (Lipinski definition) is 3. The van der Waals surface area contributed by atoms with Crippen LogP contribution in [-0.4, -0.2) is 52.3 Å². The van der Waals surface area contributed by atoms with E-state index in [0.29, 0.717) is 30.9 Å². The number of nitro benzene ring substituents is 1. The van der Waals surface area contributed by atoms with Crippen molar-refractivity contribution in [1.29, 1.82) is 0 Å². The second-order valence-corrected chi connectivity index (χ2v) is 8.65. The molecule has 1 fully saturated rings. The number of amides is 2. The summed E-state index contributed by atoms with van der Waals surface area (Å²) in [7, 11) is 0. The highest BCUT2D eigenvalue weighted by atomic mass is 16.6. The fourth-order valence-corrected chi connectivity index (χ4v) is 4.65. The van der Waals surface area contributed by atoms with Crippen molar-refractivity contribution >= 4 is 23.5 Å². The Labute approximate surface area is 192 Å². The Morgan fingerprint density at radius 2 is 2.03 bits per heavy atom. The van der Waals surface area contributed by atoms with E-state index in [0.717, 1.165) is 12.8 Å². The van der Waals surface area contributed by atoms with Gasteiger partial charge in [-0.05, 0) is 31.4 Å². The van der Waals surface area contributed by atoms with Crippen LogP contribution in [-0.2, 0) is 9.59 Å². The maximum absolute atomic E-state index is 12.7. The fraction of sp³-hybridized carbons (Fsp3) is 0.522. The van der Waals surface area contributed by atoms with Gasteiger partial charge in [0.15, 0.2) is 0 Å². The number of non-ortho nitro benzene ring substituents is 1. The van der Waals surface area contributed by atoms with E-state index in [1.165, 1.54) is 42.9 Å². The van der Waals surface area contributed by atoms with Gasteiger partial charge in [-0.15, -0.1) is 0 Å². The highest BCUT2D eigenvalue weighted by Crippen LogP contribution is 2.35. The first kappa shape index (κ1) is 24.4. The Bertz CT molecular complexity index is 954. The van der Waals surface area contributed by atoms with Gasteiger partial charge in [0, 0.05) is 30.8 Å². The van der Waals surface area contributed by atoms with Crippen LogP contribution in [0.15, 0.2) is 35.5 Å². The molecule has 1 aliphatic carbocycles. The van der Waals surface area contributed by atoms with Gasteiger partial charge >= 0.3 is 12.0 Å². The minimum atomic E-state index is -1.20. The van der Waals surface area contributed by atoms with Crippen LogP contribution in [0.25, 0.3) is 0 Å². The van der Waals surface area contributed by atoms with Crippen LogP contribution >= 0.6 is 0 Å². The normalized spacial score (nSPS) is 19.0. The minimum absolute atomic E-state index is 0.0326. The molecule has 3 N–H and O–H groups in total. The number of carboxylic acid groups (broad SMARTS) is 1. The molecule has 33 heavy (non-hydrogen) atoms. The van der Waals surface area contributed by atoms with Gasteiger partial charge in [-0.25, -0.2) is 9.59 Å². The standard InChI is InChI=1S/C23H30N4O6/c1-15-20(22(29)30)21(17-8-4-9-18(13-17)27(32)33)26(23(31)25-15)11-5-10-24-14-19(28)12-16-6-2-3-7-16/h4,8-9,13,16,21,24H,2-3,5-7,10-12,14H2,1H3,(H,25,31)(H,29,30). The van der Waals surface area contributed by atoms with Gasteiger partial charge in [-0.2, -0.15) is 0 Å². The smallest absolute Gasteiger partial charge is 0.335 e. The van der Waals surface area contributed by atoms with E-state index in [1.54, 1.807) is 6.07 Å². The molecule has 1 heterocycles. The Balaban J connectivity index is 1.66. The van der Waals surface area contributed by atoms with Crippen molar-refractivity contribution in [2.75, 3.05) is 19.6 Å². The van der Waals surface area contributed by atoms with Crippen LogP contribution < -0.4 is 10.6 Å². The summed E-state index contributed by atoms with van der Waals surface area (Å²) in [6, 6.07) is 4.25. The molecule has 1 aliphatic heterocycles. The Hall–Kier alpha value is -3.27. The SMILES string of the molecule is CC1=C(C(=O)O)C(c2cccc([N+](=O)[O-])c2)N(CCCNCC(=O)CC2CCCC2)C(=O)N1. The van der Waals surface area contributed by atoms with Crippen molar-refractivity contribution in [3.8, 4) is 0 Å². The number of carboxylic acids is 1. The zero-order valence-corrected chi connectivity index (χ0v) is 18.7. The Kier molecular flexibility index (Phi) is 8.16. The zero-order chi connectivity index (χ0) is 24.0. The summed E-state index contributed by atoms with van der Waals surface area (Å²) in [6.07, 6.45) is 5.72. The van der Waals surface area contributed by atoms with Gasteiger partial charge in [0.25, 0.3) is 5.69 Å². The average Bonchev–Trinajstić information content (AvgIpc) is 3.27. The summed E-state index contributed by atoms with van der Waals surface area (Å²) in [5.41, 5.74) is 0.351. The topological polar surface area (TPSA) is 142 Å². The third-order valence-corrected chi connectivity index (χ3v) is 6.24. The van der Waals surface area contributed by atoms with E-state index in [1.807, 2.05) is 0 Å². The second-order valence-electron chi connectivity index (χ2n) is 8.65. The number of benzene rings is 1. The number of nitro groups is 1. The van der Waals surface area contributed by atoms with Crippen molar-refractivity contribution in [3.63, 3.8) is 0 Å². The second kappa shape index (κ2) is 11.0. The minimum Gasteiger partial charge on any atom is -0.478 e. The largest absolute Gasteiger partial charge is 0.478 e. The Morgan fingerprint density at radius 3 is 2.70 bits per heavy atom. The average molecular weight is 459 g/mol. The number of hydrogen-bond acceptors (Lipinski definition) is 6. The van der Waals surface area contributed by atoms with Crippen molar-refractivity contribution < 1.29 is 24.4 Å². The lowest BCUT2D eigenvalue weighted by Crippen LogP contribution is -2.49. The summed E-state index contributed by atoms with van der Waals surface area (Å²) in [5, 5.41) is 26.7. The van der Waals surface area contributed by atoms with Gasteiger partial charge in [-0.3, -0.25) is 14.9 Å². The maximum Gasteiger partial charge on any atom is 0.335 e. The van der Waals surface area contributed by atoms with E-state index in [2.05, 4.69) is 10.6 Å². The number of rotatable bonds is 11. The van der Waals surface area contributed by atoms with Gasteiger partial charge in [0.05, 0.1) is 23.1 Å². The number of allylic oxidation sites excluding steroid dienone is 1. The predicted molar refractivity (Wildman–Crippen MR) is 120 cm³/mol. The number of aliphatic carboxylic acids is 1. The third kappa shape index (κ3) is 6.16. The van der Waals surface area contributed by atoms with E-state index < -0.39 is 23.0 Å². The van der Waals surface area contributed by atoms with E-state index in [9.17, 15) is 29.6 Å². The molecule has 178 valence electrons. The molecule has 0 aromatic heterocycles. The van der Waals surface area contributed by atoms with Crippen molar-refractivity contribution in [3.05, 3.63) is 51.2 Å². The molecule has 0 radical (unpaired) electrons. The molecule has 3 rings (SSSR count). The molecule has 1 aromatic rings. The van der Waals surface area contributed by atoms with Gasteiger partial charge in [0.2, 0.25) is 0 Å². The van der Waals surface area contributed by atoms with Gasteiger partial charge < -0.3 is 20.6 Å². The maximum atomic E-state index is 12.7. The molecule has 10 heteroatoms. The number of urea groups is 1. The summed E-state index contributed by atoms with van der Waals surface area (Å²) in [4.78, 5) is 48.9.